The Bertz CT molecular complexity index is 497. The molecule has 0 radical (unpaired) electrons. The maximum atomic E-state index is 13.1. The second kappa shape index (κ2) is 6.83. The molecule has 7 heteroatoms. The fourth-order valence-electron chi connectivity index (χ4n) is 1.58. The minimum atomic E-state index is -3.69. The number of nitrogen functional groups attached to an aromatic ring is 1. The van der Waals surface area contributed by atoms with Crippen LogP contribution in [0, 0.1) is 5.82 Å². The van der Waals surface area contributed by atoms with E-state index < -0.39 is 15.8 Å². The number of nitrogens with two attached hydrogens (primary N) is 1. The summed E-state index contributed by atoms with van der Waals surface area (Å²) in [6.45, 7) is 1.22. The predicted octanol–water partition coefficient (Wildman–Crippen LogP) is 1.03. The highest BCUT2D eigenvalue weighted by Crippen LogP contribution is 2.15. The van der Waals surface area contributed by atoms with Gasteiger partial charge in [0, 0.05) is 12.2 Å². The molecular formula is C12H20FN3O2S. The summed E-state index contributed by atoms with van der Waals surface area (Å²) in [5.41, 5.74) is 5.52. The topological polar surface area (TPSA) is 75.4 Å². The smallest absolute Gasteiger partial charge is 0.240 e. The van der Waals surface area contributed by atoms with Gasteiger partial charge in [0.1, 0.15) is 5.82 Å². The summed E-state index contributed by atoms with van der Waals surface area (Å²) in [7, 11) is 0.226. The third-order valence-electron chi connectivity index (χ3n) is 2.53. The molecule has 0 saturated carbocycles. The quantitative estimate of drug-likeness (QED) is 0.580. The van der Waals surface area contributed by atoms with Crippen LogP contribution in [0.5, 0.6) is 0 Å². The number of benzene rings is 1. The van der Waals surface area contributed by atoms with E-state index in [4.69, 9.17) is 5.73 Å². The van der Waals surface area contributed by atoms with Gasteiger partial charge in [0.2, 0.25) is 10.0 Å². The fraction of sp³-hybridized carbons (Fsp3) is 0.500. The van der Waals surface area contributed by atoms with E-state index in [0.29, 0.717) is 6.54 Å². The van der Waals surface area contributed by atoms with E-state index in [1.54, 1.807) is 0 Å². The minimum absolute atomic E-state index is 0.0907. The summed E-state index contributed by atoms with van der Waals surface area (Å²) >= 11 is 0. The number of sulfonamides is 1. The van der Waals surface area contributed by atoms with Crippen molar-refractivity contribution in [1.82, 2.24) is 9.62 Å². The number of hydrogen-bond acceptors (Lipinski definition) is 4. The van der Waals surface area contributed by atoms with Crippen molar-refractivity contribution in [2.24, 2.45) is 0 Å². The van der Waals surface area contributed by atoms with Gasteiger partial charge >= 0.3 is 0 Å². The molecule has 0 saturated heterocycles. The Balaban J connectivity index is 2.56. The van der Waals surface area contributed by atoms with Gasteiger partial charge in [0.15, 0.2) is 0 Å². The van der Waals surface area contributed by atoms with Gasteiger partial charge < -0.3 is 10.6 Å². The number of unbranched alkanes of at least 4 members (excludes halogenated alkanes) is 1. The Morgan fingerprint density at radius 1 is 1.26 bits per heavy atom. The molecule has 1 aromatic rings. The lowest BCUT2D eigenvalue weighted by atomic mass is 10.3. The van der Waals surface area contributed by atoms with Crippen molar-refractivity contribution in [1.29, 1.82) is 0 Å². The lowest BCUT2D eigenvalue weighted by Gasteiger charge is -2.10. The van der Waals surface area contributed by atoms with Gasteiger partial charge in [-0.15, -0.1) is 0 Å². The highest BCUT2D eigenvalue weighted by atomic mass is 32.2. The van der Waals surface area contributed by atoms with Crippen LogP contribution in [-0.4, -0.2) is 40.5 Å². The van der Waals surface area contributed by atoms with E-state index in [0.717, 1.165) is 31.5 Å². The van der Waals surface area contributed by atoms with E-state index in [1.807, 2.05) is 19.0 Å². The lowest BCUT2D eigenvalue weighted by molar-refractivity contribution is 0.394. The van der Waals surface area contributed by atoms with Crippen molar-refractivity contribution in [2.45, 2.75) is 17.7 Å². The molecule has 0 atom stereocenters. The van der Waals surface area contributed by atoms with Crippen LogP contribution in [-0.2, 0) is 10.0 Å². The highest BCUT2D eigenvalue weighted by molar-refractivity contribution is 7.89. The summed E-state index contributed by atoms with van der Waals surface area (Å²) in [6.07, 6.45) is 1.61. The molecule has 0 aliphatic carbocycles. The van der Waals surface area contributed by atoms with E-state index in [-0.39, 0.29) is 10.6 Å². The van der Waals surface area contributed by atoms with Crippen molar-refractivity contribution in [2.75, 3.05) is 32.9 Å². The Hall–Kier alpha value is -1.18. The van der Waals surface area contributed by atoms with Crippen LogP contribution in [0.1, 0.15) is 12.8 Å². The molecule has 0 aliphatic heterocycles. The average Bonchev–Trinajstić information content (AvgIpc) is 2.26. The number of nitrogens with zero attached hydrogens (tertiary/aromatic N) is 1. The summed E-state index contributed by atoms with van der Waals surface area (Å²) in [6, 6.07) is 3.28. The van der Waals surface area contributed by atoms with Gasteiger partial charge in [0.25, 0.3) is 0 Å². The van der Waals surface area contributed by atoms with Crippen molar-refractivity contribution in [3.63, 3.8) is 0 Å². The predicted molar refractivity (Wildman–Crippen MR) is 73.8 cm³/mol. The van der Waals surface area contributed by atoms with E-state index in [1.165, 1.54) is 6.07 Å². The molecule has 0 unspecified atom stereocenters. The standard InChI is InChI=1S/C12H20FN3O2S/c1-16(2)6-4-3-5-15-19(17,18)12-8-10(13)7-11(14)9-12/h7-9,15H,3-6,14H2,1-2H3. The first-order valence-electron chi connectivity index (χ1n) is 6.02. The van der Waals surface area contributed by atoms with Crippen molar-refractivity contribution >= 4 is 15.7 Å². The molecular weight excluding hydrogens is 269 g/mol. The van der Waals surface area contributed by atoms with Crippen LogP contribution in [0.3, 0.4) is 0 Å². The molecule has 3 N–H and O–H groups in total. The van der Waals surface area contributed by atoms with E-state index >= 15 is 0 Å². The number of anilines is 1. The Morgan fingerprint density at radius 2 is 1.95 bits per heavy atom. The normalized spacial score (nSPS) is 12.0. The van der Waals surface area contributed by atoms with E-state index in [2.05, 4.69) is 4.72 Å². The fourth-order valence-corrected chi connectivity index (χ4v) is 2.72. The van der Waals surface area contributed by atoms with Crippen molar-refractivity contribution in [3.05, 3.63) is 24.0 Å². The number of rotatable bonds is 7. The summed E-state index contributed by atoms with van der Waals surface area (Å²) in [5, 5.41) is 0. The van der Waals surface area contributed by atoms with Crippen LogP contribution in [0.2, 0.25) is 0 Å². The maximum absolute atomic E-state index is 13.1. The second-order valence-electron chi connectivity index (χ2n) is 4.63. The Labute approximate surface area is 113 Å². The number of nitrogens with one attached hydrogen (secondary N) is 1. The molecule has 0 aromatic heterocycles. The monoisotopic (exact) mass is 289 g/mol. The molecule has 0 fully saturated rings. The molecule has 1 aromatic carbocycles. The summed E-state index contributed by atoms with van der Waals surface area (Å²) in [4.78, 5) is 1.89. The second-order valence-corrected chi connectivity index (χ2v) is 6.40. The zero-order valence-corrected chi connectivity index (χ0v) is 12.0. The van der Waals surface area contributed by atoms with Crippen LogP contribution in [0.25, 0.3) is 0 Å². The first-order valence-corrected chi connectivity index (χ1v) is 7.50. The largest absolute Gasteiger partial charge is 0.399 e. The van der Waals surface area contributed by atoms with Crippen LogP contribution in [0.4, 0.5) is 10.1 Å². The third kappa shape index (κ3) is 5.54. The zero-order chi connectivity index (χ0) is 14.5. The summed E-state index contributed by atoms with van der Waals surface area (Å²) < 4.78 is 39.3. The van der Waals surface area contributed by atoms with Gasteiger partial charge in [0.05, 0.1) is 4.90 Å². The Morgan fingerprint density at radius 3 is 2.53 bits per heavy atom. The molecule has 0 amide bonds. The van der Waals surface area contributed by atoms with Crippen LogP contribution >= 0.6 is 0 Å². The SMILES string of the molecule is CN(C)CCCCNS(=O)(=O)c1cc(N)cc(F)c1. The summed E-state index contributed by atoms with van der Waals surface area (Å²) in [5.74, 6) is -0.659. The van der Waals surface area contributed by atoms with Crippen molar-refractivity contribution < 1.29 is 12.8 Å². The number of halogens is 1. The van der Waals surface area contributed by atoms with Crippen molar-refractivity contribution in [3.8, 4) is 0 Å². The first kappa shape index (κ1) is 15.9. The molecule has 0 aliphatic rings. The Kier molecular flexibility index (Phi) is 5.71. The molecule has 0 heterocycles. The van der Waals surface area contributed by atoms with Gasteiger partial charge in [-0.3, -0.25) is 0 Å². The average molecular weight is 289 g/mol. The van der Waals surface area contributed by atoms with Crippen LogP contribution < -0.4 is 10.5 Å². The van der Waals surface area contributed by atoms with Gasteiger partial charge in [-0.05, 0) is 51.7 Å². The van der Waals surface area contributed by atoms with E-state index in [9.17, 15) is 12.8 Å². The lowest BCUT2D eigenvalue weighted by Crippen LogP contribution is -2.25. The van der Waals surface area contributed by atoms with Gasteiger partial charge in [-0.1, -0.05) is 0 Å². The molecule has 0 spiro atoms. The number of hydrogen-bond donors (Lipinski definition) is 2. The molecule has 19 heavy (non-hydrogen) atoms. The van der Waals surface area contributed by atoms with Crippen LogP contribution in [0.15, 0.2) is 23.1 Å². The molecule has 0 bridgehead atoms. The molecule has 108 valence electrons. The molecule has 1 rings (SSSR count). The maximum Gasteiger partial charge on any atom is 0.240 e. The minimum Gasteiger partial charge on any atom is -0.399 e. The van der Waals surface area contributed by atoms with Gasteiger partial charge in [-0.2, -0.15) is 0 Å². The third-order valence-corrected chi connectivity index (χ3v) is 3.97. The zero-order valence-electron chi connectivity index (χ0n) is 11.2. The van der Waals surface area contributed by atoms with Gasteiger partial charge in [-0.25, -0.2) is 17.5 Å². The first-order chi connectivity index (χ1) is 8.81. The molecule has 5 nitrogen and oxygen atoms in total. The highest BCUT2D eigenvalue weighted by Gasteiger charge is 2.14.